The summed E-state index contributed by atoms with van der Waals surface area (Å²) < 4.78 is 40.8. The van der Waals surface area contributed by atoms with Crippen LogP contribution in [0.4, 0.5) is 13.2 Å². The summed E-state index contributed by atoms with van der Waals surface area (Å²) >= 11 is 0. The van der Waals surface area contributed by atoms with Gasteiger partial charge in [-0.05, 0) is 51.5 Å². The Balaban J connectivity index is 1.60. The van der Waals surface area contributed by atoms with Gasteiger partial charge in [-0.3, -0.25) is 4.79 Å². The van der Waals surface area contributed by atoms with E-state index >= 15 is 0 Å². The van der Waals surface area contributed by atoms with Gasteiger partial charge in [-0.2, -0.15) is 18.3 Å². The van der Waals surface area contributed by atoms with E-state index in [1.165, 1.54) is 0 Å². The minimum Gasteiger partial charge on any atom is -0.342 e. The third-order valence-electron chi connectivity index (χ3n) is 6.50. The van der Waals surface area contributed by atoms with Crippen LogP contribution >= 0.6 is 0 Å². The molecule has 1 saturated heterocycles. The molecule has 2 aromatic heterocycles. The van der Waals surface area contributed by atoms with E-state index in [0.29, 0.717) is 19.4 Å². The minimum atomic E-state index is -4.10. The van der Waals surface area contributed by atoms with Gasteiger partial charge in [0, 0.05) is 43.6 Å². The Morgan fingerprint density at radius 3 is 2.48 bits per heavy atom. The van der Waals surface area contributed by atoms with Crippen LogP contribution in [0.1, 0.15) is 74.4 Å². The molecular weight excluding hydrogens is 381 g/mol. The smallest absolute Gasteiger partial charge is 0.342 e. The molecule has 5 nitrogen and oxygen atoms in total. The number of rotatable bonds is 2. The third-order valence-corrected chi connectivity index (χ3v) is 6.50. The van der Waals surface area contributed by atoms with E-state index in [4.69, 9.17) is 5.10 Å². The van der Waals surface area contributed by atoms with Gasteiger partial charge < -0.3 is 4.90 Å². The lowest BCUT2D eigenvalue weighted by Gasteiger charge is -2.32. The molecule has 4 rings (SSSR count). The summed E-state index contributed by atoms with van der Waals surface area (Å²) in [5.41, 5.74) is 3.51. The second-order valence-electron chi connectivity index (χ2n) is 8.56. The summed E-state index contributed by atoms with van der Waals surface area (Å²) in [5.74, 6) is -0.875. The molecule has 0 spiro atoms. The van der Waals surface area contributed by atoms with Crippen LogP contribution in [0, 0.1) is 12.8 Å². The molecule has 2 fully saturated rings. The first-order chi connectivity index (χ1) is 13.7. The topological polar surface area (TPSA) is 50.5 Å². The van der Waals surface area contributed by atoms with E-state index in [1.807, 2.05) is 28.5 Å². The minimum absolute atomic E-state index is 0.0449. The van der Waals surface area contributed by atoms with E-state index in [2.05, 4.69) is 4.98 Å². The third kappa shape index (κ3) is 4.12. The van der Waals surface area contributed by atoms with Gasteiger partial charge >= 0.3 is 6.18 Å². The highest BCUT2D eigenvalue weighted by atomic mass is 19.4. The van der Waals surface area contributed by atoms with Gasteiger partial charge in [-0.25, -0.2) is 9.50 Å². The summed E-state index contributed by atoms with van der Waals surface area (Å²) in [4.78, 5) is 18.3. The van der Waals surface area contributed by atoms with Crippen LogP contribution in [0.5, 0.6) is 0 Å². The maximum atomic E-state index is 13.0. The van der Waals surface area contributed by atoms with Crippen molar-refractivity contribution in [2.45, 2.75) is 70.4 Å². The monoisotopic (exact) mass is 408 g/mol. The summed E-state index contributed by atoms with van der Waals surface area (Å²) in [6.45, 7) is 4.99. The fourth-order valence-corrected chi connectivity index (χ4v) is 4.86. The Morgan fingerprint density at radius 1 is 1.10 bits per heavy atom. The normalized spacial score (nSPS) is 26.1. The Kier molecular flexibility index (Phi) is 5.29. The number of aryl methyl sites for hydroxylation is 1. The Hall–Kier alpha value is -2.12. The standard InChI is InChI=1S/C21H27F3N4O/c1-13-10-19(16-4-3-9-27(12-16)14(2)29)28-20(25-13)11-18(26-28)15-5-7-17(8-6-15)21(22,23)24/h10-11,15-17H,3-9,12H2,1-2H3. The number of piperidine rings is 1. The average molecular weight is 408 g/mol. The fourth-order valence-electron chi connectivity index (χ4n) is 4.86. The lowest BCUT2D eigenvalue weighted by molar-refractivity contribution is -0.182. The maximum absolute atomic E-state index is 13.0. The van der Waals surface area contributed by atoms with Crippen molar-refractivity contribution in [2.75, 3.05) is 13.1 Å². The Morgan fingerprint density at radius 2 is 1.83 bits per heavy atom. The quantitative estimate of drug-likeness (QED) is 0.730. The van der Waals surface area contributed by atoms with Crippen molar-refractivity contribution in [2.24, 2.45) is 5.92 Å². The van der Waals surface area contributed by atoms with Gasteiger partial charge in [-0.15, -0.1) is 0 Å². The van der Waals surface area contributed by atoms with Gasteiger partial charge in [0.05, 0.1) is 17.3 Å². The maximum Gasteiger partial charge on any atom is 0.391 e. The van der Waals surface area contributed by atoms with Crippen molar-refractivity contribution < 1.29 is 18.0 Å². The second kappa shape index (κ2) is 7.61. The molecule has 0 aromatic carbocycles. The number of fused-ring (bicyclic) bond motifs is 1. The highest BCUT2D eigenvalue weighted by Crippen LogP contribution is 2.42. The predicted octanol–water partition coefficient (Wildman–Crippen LogP) is 4.60. The number of nitrogens with zero attached hydrogens (tertiary/aromatic N) is 4. The molecule has 1 aliphatic carbocycles. The zero-order chi connectivity index (χ0) is 20.8. The van der Waals surface area contributed by atoms with Crippen molar-refractivity contribution in [3.63, 3.8) is 0 Å². The van der Waals surface area contributed by atoms with E-state index in [0.717, 1.165) is 42.1 Å². The Labute approximate surface area is 168 Å². The van der Waals surface area contributed by atoms with Crippen molar-refractivity contribution in [3.05, 3.63) is 29.2 Å². The molecule has 2 aromatic rings. The summed E-state index contributed by atoms with van der Waals surface area (Å²) in [6.07, 6.45) is -0.834. The highest BCUT2D eigenvalue weighted by Gasteiger charge is 2.42. The lowest BCUT2D eigenvalue weighted by atomic mass is 9.80. The molecule has 0 N–H and O–H groups in total. The second-order valence-corrected chi connectivity index (χ2v) is 8.56. The molecule has 1 unspecified atom stereocenters. The molecule has 8 heteroatoms. The molecule has 0 bridgehead atoms. The van der Waals surface area contributed by atoms with Crippen LogP contribution in [-0.2, 0) is 4.79 Å². The van der Waals surface area contributed by atoms with Gasteiger partial charge in [0.25, 0.3) is 0 Å². The van der Waals surface area contributed by atoms with Crippen molar-refractivity contribution in [1.29, 1.82) is 0 Å². The summed E-state index contributed by atoms with van der Waals surface area (Å²) in [6, 6.07) is 3.96. The molecule has 1 aliphatic heterocycles. The molecule has 1 atom stereocenters. The van der Waals surface area contributed by atoms with Crippen LogP contribution in [-0.4, -0.2) is 44.7 Å². The summed E-state index contributed by atoms with van der Waals surface area (Å²) in [7, 11) is 0. The number of halogens is 3. The van der Waals surface area contributed by atoms with E-state index < -0.39 is 12.1 Å². The SMILES string of the molecule is CC(=O)N1CCCC(c2cc(C)nc3cc(C4CCC(C(F)(F)F)CC4)nn23)C1. The number of carbonyl (C=O) groups is 1. The number of hydrogen-bond acceptors (Lipinski definition) is 3. The van der Waals surface area contributed by atoms with Gasteiger partial charge in [0.1, 0.15) is 0 Å². The number of alkyl halides is 3. The molecule has 3 heterocycles. The average Bonchev–Trinajstić information content (AvgIpc) is 3.10. The number of aromatic nitrogens is 3. The molecule has 1 amide bonds. The first kappa shape index (κ1) is 20.2. The van der Waals surface area contributed by atoms with E-state index in [9.17, 15) is 18.0 Å². The molecule has 29 heavy (non-hydrogen) atoms. The van der Waals surface area contributed by atoms with Crippen LogP contribution in [0.25, 0.3) is 5.65 Å². The Bertz CT molecular complexity index is 899. The molecular formula is C21H27F3N4O. The number of likely N-dealkylation sites (tertiary alicyclic amines) is 1. The van der Waals surface area contributed by atoms with E-state index in [-0.39, 0.29) is 30.6 Å². The molecule has 0 radical (unpaired) electrons. The molecule has 1 saturated carbocycles. The van der Waals surface area contributed by atoms with Crippen molar-refractivity contribution in [1.82, 2.24) is 19.5 Å². The largest absolute Gasteiger partial charge is 0.391 e. The predicted molar refractivity (Wildman–Crippen MR) is 103 cm³/mol. The van der Waals surface area contributed by atoms with Crippen molar-refractivity contribution in [3.8, 4) is 0 Å². The van der Waals surface area contributed by atoms with E-state index in [1.54, 1.807) is 6.92 Å². The van der Waals surface area contributed by atoms with Gasteiger partial charge in [0.2, 0.25) is 5.91 Å². The van der Waals surface area contributed by atoms with Crippen LogP contribution in [0.15, 0.2) is 12.1 Å². The van der Waals surface area contributed by atoms with Crippen LogP contribution < -0.4 is 0 Å². The molecule has 158 valence electrons. The highest BCUT2D eigenvalue weighted by molar-refractivity contribution is 5.73. The van der Waals surface area contributed by atoms with Crippen LogP contribution in [0.3, 0.4) is 0 Å². The van der Waals surface area contributed by atoms with Crippen LogP contribution in [0.2, 0.25) is 0 Å². The number of amides is 1. The zero-order valence-corrected chi connectivity index (χ0v) is 16.9. The van der Waals surface area contributed by atoms with Gasteiger partial charge in [-0.1, -0.05) is 0 Å². The number of carbonyl (C=O) groups excluding carboxylic acids is 1. The summed E-state index contributed by atoms with van der Waals surface area (Å²) in [5, 5.41) is 4.78. The first-order valence-electron chi connectivity index (χ1n) is 10.4. The first-order valence-corrected chi connectivity index (χ1v) is 10.4. The lowest BCUT2D eigenvalue weighted by Crippen LogP contribution is -2.38. The molecule has 2 aliphatic rings. The zero-order valence-electron chi connectivity index (χ0n) is 16.9. The number of hydrogen-bond donors (Lipinski definition) is 0. The van der Waals surface area contributed by atoms with Crippen molar-refractivity contribution >= 4 is 11.6 Å². The fraction of sp³-hybridized carbons (Fsp3) is 0.667. The van der Waals surface area contributed by atoms with Gasteiger partial charge in [0.15, 0.2) is 5.65 Å².